The number of nitrogens with one attached hydrogen (secondary N) is 1. The largest absolute Gasteiger partial charge is 0.332 e. The summed E-state index contributed by atoms with van der Waals surface area (Å²) in [6.45, 7) is 2.74. The molecule has 7 heteroatoms. The first kappa shape index (κ1) is 16.2. The lowest BCUT2D eigenvalue weighted by Crippen LogP contribution is -2.38. The van der Waals surface area contributed by atoms with Crippen LogP contribution in [0.3, 0.4) is 0 Å². The highest BCUT2D eigenvalue weighted by molar-refractivity contribution is 7.15. The Morgan fingerprint density at radius 1 is 1.36 bits per heavy atom. The number of nitrogens with zero attached hydrogens (tertiary/aromatic N) is 4. The maximum absolute atomic E-state index is 12.7. The third-order valence-electron chi connectivity index (χ3n) is 4.73. The molecule has 25 heavy (non-hydrogen) atoms. The minimum Gasteiger partial charge on any atom is -0.332 e. The van der Waals surface area contributed by atoms with E-state index in [0.717, 1.165) is 38.2 Å². The van der Waals surface area contributed by atoms with Crippen LogP contribution in [0.4, 0.5) is 0 Å². The summed E-state index contributed by atoms with van der Waals surface area (Å²) in [5.74, 6) is 0.785. The Hall–Kier alpha value is -2.25. The van der Waals surface area contributed by atoms with Crippen LogP contribution in [-0.2, 0) is 13.6 Å². The molecule has 0 aliphatic carbocycles. The standard InChI is InChI=1S/C18H21N5OS/c1-22-10-8-19-18(22)17(24)13-3-2-9-23(11-13)12-14-4-5-16(25-14)15-6-7-20-21-15/h4-8,10,13H,2-3,9,11-12H2,1H3,(H,20,21)/t13-/m1/s1. The number of hydrogen-bond acceptors (Lipinski definition) is 5. The molecule has 1 aliphatic heterocycles. The number of thiophene rings is 1. The van der Waals surface area contributed by atoms with Crippen molar-refractivity contribution >= 4 is 17.1 Å². The minimum absolute atomic E-state index is 0.0434. The zero-order valence-electron chi connectivity index (χ0n) is 14.2. The van der Waals surface area contributed by atoms with Crippen molar-refractivity contribution in [1.82, 2.24) is 24.6 Å². The molecule has 0 radical (unpaired) electrons. The number of aromatic nitrogens is 4. The predicted molar refractivity (Wildman–Crippen MR) is 97.4 cm³/mol. The van der Waals surface area contributed by atoms with E-state index in [1.54, 1.807) is 23.7 Å². The number of hydrogen-bond donors (Lipinski definition) is 1. The molecule has 130 valence electrons. The third-order valence-corrected chi connectivity index (χ3v) is 5.83. The SMILES string of the molecule is Cn1ccnc1C(=O)[C@@H]1CCCN(Cc2ccc(-c3ccn[nH]3)s2)C1. The van der Waals surface area contributed by atoms with E-state index >= 15 is 0 Å². The van der Waals surface area contributed by atoms with E-state index in [9.17, 15) is 4.79 Å². The van der Waals surface area contributed by atoms with Gasteiger partial charge in [-0.05, 0) is 37.6 Å². The highest BCUT2D eigenvalue weighted by atomic mass is 32.1. The Bertz CT molecular complexity index is 851. The normalized spacial score (nSPS) is 18.5. The Labute approximate surface area is 150 Å². The van der Waals surface area contributed by atoms with Gasteiger partial charge in [-0.25, -0.2) is 4.98 Å². The monoisotopic (exact) mass is 355 g/mol. The lowest BCUT2D eigenvalue weighted by molar-refractivity contribution is 0.0799. The Balaban J connectivity index is 1.42. The average Bonchev–Trinajstić information content (AvgIpc) is 3.35. The molecule has 0 aromatic carbocycles. The second-order valence-electron chi connectivity index (χ2n) is 6.54. The molecule has 0 saturated carbocycles. The van der Waals surface area contributed by atoms with Gasteiger partial charge in [0.2, 0.25) is 5.78 Å². The van der Waals surface area contributed by atoms with Crippen LogP contribution in [-0.4, -0.2) is 43.5 Å². The fourth-order valence-corrected chi connectivity index (χ4v) is 4.45. The summed E-state index contributed by atoms with van der Waals surface area (Å²) >= 11 is 1.78. The first-order valence-electron chi connectivity index (χ1n) is 8.53. The van der Waals surface area contributed by atoms with Crippen molar-refractivity contribution in [3.63, 3.8) is 0 Å². The Morgan fingerprint density at radius 3 is 3.04 bits per heavy atom. The van der Waals surface area contributed by atoms with Crippen molar-refractivity contribution in [3.8, 4) is 10.6 Å². The van der Waals surface area contributed by atoms with Crippen LogP contribution in [0, 0.1) is 5.92 Å². The van der Waals surface area contributed by atoms with Crippen molar-refractivity contribution in [2.24, 2.45) is 13.0 Å². The molecule has 4 heterocycles. The molecule has 1 saturated heterocycles. The number of rotatable bonds is 5. The number of ketones is 1. The summed E-state index contributed by atoms with van der Waals surface area (Å²) in [7, 11) is 1.88. The molecule has 0 amide bonds. The molecule has 1 N–H and O–H groups in total. The van der Waals surface area contributed by atoms with Gasteiger partial charge in [0.15, 0.2) is 5.82 Å². The van der Waals surface area contributed by atoms with Gasteiger partial charge in [0.05, 0.1) is 10.6 Å². The van der Waals surface area contributed by atoms with Crippen molar-refractivity contribution in [3.05, 3.63) is 47.5 Å². The van der Waals surface area contributed by atoms with Gasteiger partial charge in [-0.3, -0.25) is 14.8 Å². The number of Topliss-reactive ketones (excluding diaryl/α,β-unsaturated/α-hetero) is 1. The number of aromatic amines is 1. The number of carbonyl (C=O) groups excluding carboxylic acids is 1. The van der Waals surface area contributed by atoms with Crippen LogP contribution in [0.5, 0.6) is 0 Å². The van der Waals surface area contributed by atoms with Crippen LogP contribution in [0.25, 0.3) is 10.6 Å². The fourth-order valence-electron chi connectivity index (χ4n) is 3.42. The first-order valence-corrected chi connectivity index (χ1v) is 9.34. The molecule has 1 fully saturated rings. The van der Waals surface area contributed by atoms with Gasteiger partial charge in [-0.2, -0.15) is 5.10 Å². The van der Waals surface area contributed by atoms with Gasteiger partial charge in [0, 0.05) is 49.5 Å². The number of imidazole rings is 1. The van der Waals surface area contributed by atoms with Crippen LogP contribution < -0.4 is 0 Å². The van der Waals surface area contributed by atoms with Crippen molar-refractivity contribution in [2.75, 3.05) is 13.1 Å². The molecule has 0 unspecified atom stereocenters. The maximum atomic E-state index is 12.7. The zero-order valence-corrected chi connectivity index (χ0v) is 15.0. The highest BCUT2D eigenvalue weighted by Gasteiger charge is 2.28. The highest BCUT2D eigenvalue weighted by Crippen LogP contribution is 2.29. The minimum atomic E-state index is 0.0434. The van der Waals surface area contributed by atoms with Gasteiger partial charge in [0.25, 0.3) is 0 Å². The summed E-state index contributed by atoms with van der Waals surface area (Å²) in [4.78, 5) is 21.8. The predicted octanol–water partition coefficient (Wildman–Crippen LogP) is 2.97. The Kier molecular flexibility index (Phi) is 4.50. The molecule has 0 spiro atoms. The molecule has 1 atom stereocenters. The van der Waals surface area contributed by atoms with E-state index in [0.29, 0.717) is 5.82 Å². The number of likely N-dealkylation sites (tertiary alicyclic amines) is 1. The van der Waals surface area contributed by atoms with E-state index in [-0.39, 0.29) is 11.7 Å². The van der Waals surface area contributed by atoms with E-state index in [1.807, 2.05) is 23.9 Å². The van der Waals surface area contributed by atoms with Gasteiger partial charge >= 0.3 is 0 Å². The summed E-state index contributed by atoms with van der Waals surface area (Å²) in [6.07, 6.45) is 7.30. The van der Waals surface area contributed by atoms with Crippen LogP contribution in [0.15, 0.2) is 36.8 Å². The molecule has 4 rings (SSSR count). The summed E-state index contributed by atoms with van der Waals surface area (Å²) in [5, 5.41) is 7.02. The maximum Gasteiger partial charge on any atom is 0.202 e. The van der Waals surface area contributed by atoms with Crippen LogP contribution >= 0.6 is 11.3 Å². The summed E-state index contributed by atoms with van der Waals surface area (Å²) in [5.41, 5.74) is 1.05. The molecule has 3 aromatic rings. The first-order chi connectivity index (χ1) is 12.2. The quantitative estimate of drug-likeness (QED) is 0.715. The third kappa shape index (κ3) is 3.43. The lowest BCUT2D eigenvalue weighted by Gasteiger charge is -2.31. The molecule has 1 aliphatic rings. The van der Waals surface area contributed by atoms with Crippen LogP contribution in [0.2, 0.25) is 0 Å². The molecule has 3 aromatic heterocycles. The number of H-pyrrole nitrogens is 1. The smallest absolute Gasteiger partial charge is 0.202 e. The van der Waals surface area contributed by atoms with Crippen molar-refractivity contribution in [2.45, 2.75) is 19.4 Å². The number of carbonyl (C=O) groups is 1. The average molecular weight is 355 g/mol. The molecular formula is C18H21N5OS. The van der Waals surface area contributed by atoms with Gasteiger partial charge in [0.1, 0.15) is 0 Å². The summed E-state index contributed by atoms with van der Waals surface area (Å²) in [6, 6.07) is 6.29. The Morgan fingerprint density at radius 2 is 2.28 bits per heavy atom. The van der Waals surface area contributed by atoms with E-state index < -0.39 is 0 Å². The van der Waals surface area contributed by atoms with Crippen molar-refractivity contribution < 1.29 is 4.79 Å². The van der Waals surface area contributed by atoms with E-state index in [4.69, 9.17) is 0 Å². The fraction of sp³-hybridized carbons (Fsp3) is 0.389. The zero-order chi connectivity index (χ0) is 17.2. The van der Waals surface area contributed by atoms with E-state index in [2.05, 4.69) is 32.2 Å². The van der Waals surface area contributed by atoms with E-state index in [1.165, 1.54) is 9.75 Å². The second-order valence-corrected chi connectivity index (χ2v) is 7.70. The summed E-state index contributed by atoms with van der Waals surface area (Å²) < 4.78 is 1.82. The lowest BCUT2D eigenvalue weighted by atomic mass is 9.93. The topological polar surface area (TPSA) is 66.8 Å². The number of piperidine rings is 1. The van der Waals surface area contributed by atoms with Crippen molar-refractivity contribution in [1.29, 1.82) is 0 Å². The van der Waals surface area contributed by atoms with Gasteiger partial charge in [-0.15, -0.1) is 11.3 Å². The number of aryl methyl sites for hydroxylation is 1. The van der Waals surface area contributed by atoms with Crippen LogP contribution in [0.1, 0.15) is 28.3 Å². The molecule has 0 bridgehead atoms. The molecule has 6 nitrogen and oxygen atoms in total. The molecular weight excluding hydrogens is 334 g/mol. The van der Waals surface area contributed by atoms with Gasteiger partial charge in [-0.1, -0.05) is 0 Å². The second kappa shape index (κ2) is 6.93. The van der Waals surface area contributed by atoms with Gasteiger partial charge < -0.3 is 4.57 Å².